The molecule has 3 heteroatoms. The third-order valence-electron chi connectivity index (χ3n) is 7.19. The van der Waals surface area contributed by atoms with Gasteiger partial charge < -0.3 is 10.2 Å². The third kappa shape index (κ3) is 4.49. The van der Waals surface area contributed by atoms with E-state index in [0.29, 0.717) is 17.7 Å². The first kappa shape index (κ1) is 18.0. The zero-order chi connectivity index (χ0) is 17.8. The van der Waals surface area contributed by atoms with Gasteiger partial charge in [-0.1, -0.05) is 36.8 Å². The summed E-state index contributed by atoms with van der Waals surface area (Å²) in [4.78, 5) is 15.0. The van der Waals surface area contributed by atoms with E-state index in [2.05, 4.69) is 40.5 Å². The monoisotopic (exact) mass is 354 g/mol. The summed E-state index contributed by atoms with van der Waals surface area (Å²) < 4.78 is 0. The molecular formula is C23H34N2O. The summed E-state index contributed by atoms with van der Waals surface area (Å²) in [6, 6.07) is 10.9. The van der Waals surface area contributed by atoms with Gasteiger partial charge in [0.2, 0.25) is 5.91 Å². The molecule has 3 fully saturated rings. The first-order chi connectivity index (χ1) is 12.8. The molecule has 1 saturated heterocycles. The second-order valence-corrected chi connectivity index (χ2v) is 8.88. The molecule has 2 bridgehead atoms. The van der Waals surface area contributed by atoms with Crippen molar-refractivity contribution >= 4 is 5.91 Å². The number of aryl methyl sites for hydroxylation is 1. The van der Waals surface area contributed by atoms with Gasteiger partial charge in [-0.15, -0.1) is 0 Å². The summed E-state index contributed by atoms with van der Waals surface area (Å²) in [7, 11) is 0. The van der Waals surface area contributed by atoms with Crippen molar-refractivity contribution in [3.05, 3.63) is 35.9 Å². The number of hydrogen-bond donors (Lipinski definition) is 1. The van der Waals surface area contributed by atoms with E-state index < -0.39 is 0 Å². The lowest BCUT2D eigenvalue weighted by molar-refractivity contribution is -0.126. The Balaban J connectivity index is 1.10. The molecule has 0 aromatic heterocycles. The zero-order valence-electron chi connectivity index (χ0n) is 16.0. The number of benzene rings is 1. The van der Waals surface area contributed by atoms with E-state index in [1.807, 2.05) is 0 Å². The molecule has 2 aliphatic carbocycles. The zero-order valence-corrected chi connectivity index (χ0v) is 16.0. The Morgan fingerprint density at radius 3 is 2.54 bits per heavy atom. The first-order valence-corrected chi connectivity index (χ1v) is 10.8. The van der Waals surface area contributed by atoms with Crippen LogP contribution in [0.5, 0.6) is 0 Å². The SMILES string of the molecule is O=C(NCCN1CCC(CCc2ccccc2)CC1)C1CC2CCC1C2. The lowest BCUT2D eigenvalue weighted by Crippen LogP contribution is -2.41. The molecule has 0 spiro atoms. The van der Waals surface area contributed by atoms with Crippen LogP contribution in [0.4, 0.5) is 0 Å². The van der Waals surface area contributed by atoms with E-state index in [9.17, 15) is 4.79 Å². The second kappa shape index (κ2) is 8.56. The number of nitrogens with zero attached hydrogens (tertiary/aromatic N) is 1. The summed E-state index contributed by atoms with van der Waals surface area (Å²) >= 11 is 0. The van der Waals surface area contributed by atoms with Gasteiger partial charge in [-0.25, -0.2) is 0 Å². The number of piperidine rings is 1. The highest BCUT2D eigenvalue weighted by Gasteiger charge is 2.42. The quantitative estimate of drug-likeness (QED) is 0.806. The van der Waals surface area contributed by atoms with Crippen LogP contribution in [-0.2, 0) is 11.2 Å². The fraction of sp³-hybridized carbons (Fsp3) is 0.696. The van der Waals surface area contributed by atoms with Crippen molar-refractivity contribution in [2.45, 2.75) is 51.4 Å². The topological polar surface area (TPSA) is 32.3 Å². The number of carbonyl (C=O) groups excluding carboxylic acids is 1. The van der Waals surface area contributed by atoms with Crippen molar-refractivity contribution in [1.29, 1.82) is 0 Å². The number of hydrogen-bond acceptors (Lipinski definition) is 2. The van der Waals surface area contributed by atoms with Crippen molar-refractivity contribution in [3.8, 4) is 0 Å². The molecule has 1 amide bonds. The van der Waals surface area contributed by atoms with Crippen LogP contribution in [0.2, 0.25) is 0 Å². The Bertz CT molecular complexity index is 579. The molecule has 1 heterocycles. The minimum atomic E-state index is 0.331. The van der Waals surface area contributed by atoms with E-state index in [0.717, 1.165) is 31.3 Å². The molecule has 0 radical (unpaired) electrons. The van der Waals surface area contributed by atoms with Gasteiger partial charge in [-0.3, -0.25) is 4.79 Å². The number of fused-ring (bicyclic) bond motifs is 2. The van der Waals surface area contributed by atoms with Gasteiger partial charge in [0.05, 0.1) is 0 Å². The fourth-order valence-corrected chi connectivity index (χ4v) is 5.55. The standard InChI is InChI=1S/C23H34N2O/c26-23(22-17-20-8-9-21(22)16-20)24-12-15-25-13-10-19(11-14-25)7-6-18-4-2-1-3-5-18/h1-5,19-22H,6-17H2,(H,24,26). The molecular weight excluding hydrogens is 320 g/mol. The molecule has 142 valence electrons. The predicted octanol–water partition coefficient (Wildman–Crippen LogP) is 3.88. The van der Waals surface area contributed by atoms with Crippen LogP contribution in [0.25, 0.3) is 0 Å². The molecule has 1 aliphatic heterocycles. The molecule has 2 saturated carbocycles. The van der Waals surface area contributed by atoms with Gasteiger partial charge in [0.15, 0.2) is 0 Å². The smallest absolute Gasteiger partial charge is 0.223 e. The number of carbonyl (C=O) groups is 1. The van der Waals surface area contributed by atoms with Crippen LogP contribution >= 0.6 is 0 Å². The van der Waals surface area contributed by atoms with Crippen molar-refractivity contribution in [2.24, 2.45) is 23.7 Å². The Kier molecular flexibility index (Phi) is 5.94. The van der Waals surface area contributed by atoms with Gasteiger partial charge in [0.1, 0.15) is 0 Å². The third-order valence-corrected chi connectivity index (χ3v) is 7.19. The predicted molar refractivity (Wildman–Crippen MR) is 106 cm³/mol. The number of amides is 1. The maximum Gasteiger partial charge on any atom is 0.223 e. The molecule has 3 atom stereocenters. The van der Waals surface area contributed by atoms with Crippen molar-refractivity contribution in [2.75, 3.05) is 26.2 Å². The summed E-state index contributed by atoms with van der Waals surface area (Å²) in [5, 5.41) is 3.23. The van der Waals surface area contributed by atoms with Crippen LogP contribution in [0.15, 0.2) is 30.3 Å². The van der Waals surface area contributed by atoms with E-state index >= 15 is 0 Å². The lowest BCUT2D eigenvalue weighted by Gasteiger charge is -2.32. The van der Waals surface area contributed by atoms with Crippen LogP contribution in [0.3, 0.4) is 0 Å². The van der Waals surface area contributed by atoms with Crippen LogP contribution in [0.1, 0.15) is 50.5 Å². The molecule has 3 nitrogen and oxygen atoms in total. The van der Waals surface area contributed by atoms with Gasteiger partial charge in [-0.2, -0.15) is 0 Å². The van der Waals surface area contributed by atoms with E-state index in [-0.39, 0.29) is 0 Å². The van der Waals surface area contributed by atoms with Crippen molar-refractivity contribution in [3.63, 3.8) is 0 Å². The average molecular weight is 355 g/mol. The first-order valence-electron chi connectivity index (χ1n) is 10.8. The van der Waals surface area contributed by atoms with Gasteiger partial charge in [0, 0.05) is 19.0 Å². The van der Waals surface area contributed by atoms with Crippen molar-refractivity contribution < 1.29 is 4.79 Å². The Morgan fingerprint density at radius 1 is 1.04 bits per heavy atom. The van der Waals surface area contributed by atoms with Gasteiger partial charge in [-0.05, 0) is 81.4 Å². The van der Waals surface area contributed by atoms with E-state index in [1.54, 1.807) is 0 Å². The normalized spacial score (nSPS) is 29.2. The molecule has 3 aliphatic rings. The lowest BCUT2D eigenvalue weighted by atomic mass is 9.88. The number of likely N-dealkylation sites (tertiary alicyclic amines) is 1. The highest BCUT2D eigenvalue weighted by molar-refractivity contribution is 5.79. The largest absolute Gasteiger partial charge is 0.355 e. The molecule has 4 rings (SSSR count). The van der Waals surface area contributed by atoms with Crippen LogP contribution in [0, 0.1) is 23.7 Å². The highest BCUT2D eigenvalue weighted by atomic mass is 16.1. The summed E-state index contributed by atoms with van der Waals surface area (Å²) in [5.41, 5.74) is 1.47. The Labute approximate surface area is 158 Å². The number of nitrogens with one attached hydrogen (secondary N) is 1. The van der Waals surface area contributed by atoms with Gasteiger partial charge in [0.25, 0.3) is 0 Å². The van der Waals surface area contributed by atoms with Gasteiger partial charge >= 0.3 is 0 Å². The number of rotatable bonds is 7. The van der Waals surface area contributed by atoms with E-state index in [1.165, 1.54) is 63.6 Å². The Morgan fingerprint density at radius 2 is 1.85 bits per heavy atom. The molecule has 1 aromatic carbocycles. The molecule has 1 N–H and O–H groups in total. The summed E-state index contributed by atoms with van der Waals surface area (Å²) in [5.74, 6) is 3.09. The van der Waals surface area contributed by atoms with Crippen molar-refractivity contribution in [1.82, 2.24) is 10.2 Å². The van der Waals surface area contributed by atoms with Crippen LogP contribution < -0.4 is 5.32 Å². The molecule has 1 aromatic rings. The Hall–Kier alpha value is -1.35. The summed E-state index contributed by atoms with van der Waals surface area (Å²) in [6.45, 7) is 4.26. The van der Waals surface area contributed by atoms with Crippen LogP contribution in [-0.4, -0.2) is 37.0 Å². The molecule has 26 heavy (non-hydrogen) atoms. The maximum atomic E-state index is 12.4. The van der Waals surface area contributed by atoms with E-state index in [4.69, 9.17) is 0 Å². The minimum Gasteiger partial charge on any atom is -0.355 e. The second-order valence-electron chi connectivity index (χ2n) is 8.88. The maximum absolute atomic E-state index is 12.4. The average Bonchev–Trinajstić information content (AvgIpc) is 3.32. The minimum absolute atomic E-state index is 0.331. The highest BCUT2D eigenvalue weighted by Crippen LogP contribution is 2.48. The summed E-state index contributed by atoms with van der Waals surface area (Å²) in [6.07, 6.45) is 10.3. The fourth-order valence-electron chi connectivity index (χ4n) is 5.55. The molecule has 3 unspecified atom stereocenters.